The summed E-state index contributed by atoms with van der Waals surface area (Å²) < 4.78 is 31.6. The Morgan fingerprint density at radius 3 is 2.87 bits per heavy atom. The molecular weight excluding hydrogens is 202 g/mol. The van der Waals surface area contributed by atoms with Gasteiger partial charge < -0.3 is 10.5 Å². The smallest absolute Gasteiger partial charge is 0.262 e. The Morgan fingerprint density at radius 1 is 1.53 bits per heavy atom. The lowest BCUT2D eigenvalue weighted by Crippen LogP contribution is -2.35. The van der Waals surface area contributed by atoms with Gasteiger partial charge in [0.15, 0.2) is 0 Å². The molecule has 0 bridgehead atoms. The fourth-order valence-electron chi connectivity index (χ4n) is 1.94. The van der Waals surface area contributed by atoms with Crippen molar-refractivity contribution in [1.29, 1.82) is 0 Å². The van der Waals surface area contributed by atoms with Crippen molar-refractivity contribution in [2.75, 3.05) is 32.8 Å². The van der Waals surface area contributed by atoms with Crippen molar-refractivity contribution in [1.82, 2.24) is 4.90 Å². The maximum absolute atomic E-state index is 13.2. The third-order valence-corrected chi connectivity index (χ3v) is 2.65. The van der Waals surface area contributed by atoms with Crippen molar-refractivity contribution < 1.29 is 13.5 Å². The molecule has 0 aromatic heterocycles. The van der Waals surface area contributed by atoms with Crippen molar-refractivity contribution in [2.45, 2.75) is 31.7 Å². The van der Waals surface area contributed by atoms with Crippen LogP contribution in [0.4, 0.5) is 8.78 Å². The number of alkyl halides is 2. The van der Waals surface area contributed by atoms with Gasteiger partial charge in [0.2, 0.25) is 0 Å². The molecule has 0 aromatic carbocycles. The van der Waals surface area contributed by atoms with Crippen molar-refractivity contribution in [3.63, 3.8) is 0 Å². The summed E-state index contributed by atoms with van der Waals surface area (Å²) in [7, 11) is 0. The normalized spacial score (nSPS) is 26.0. The average Bonchev–Trinajstić information content (AvgIpc) is 2.47. The summed E-state index contributed by atoms with van der Waals surface area (Å²) in [6, 6.07) is -0.147. The number of nitrogens with zero attached hydrogens (tertiary/aromatic N) is 1. The highest BCUT2D eigenvalue weighted by Gasteiger charge is 2.44. The van der Waals surface area contributed by atoms with Crippen LogP contribution in [0.15, 0.2) is 0 Å². The molecule has 0 saturated carbocycles. The van der Waals surface area contributed by atoms with E-state index >= 15 is 0 Å². The molecule has 1 rings (SSSR count). The van der Waals surface area contributed by atoms with E-state index in [0.29, 0.717) is 26.3 Å². The Labute approximate surface area is 89.6 Å². The van der Waals surface area contributed by atoms with Crippen LogP contribution in [0, 0.1) is 0 Å². The van der Waals surface area contributed by atoms with Crippen LogP contribution in [-0.2, 0) is 4.74 Å². The van der Waals surface area contributed by atoms with E-state index in [1.807, 2.05) is 6.92 Å². The highest BCUT2D eigenvalue weighted by Crippen LogP contribution is 2.32. The molecule has 3 nitrogen and oxygen atoms in total. The summed E-state index contributed by atoms with van der Waals surface area (Å²) >= 11 is 0. The van der Waals surface area contributed by atoms with E-state index in [9.17, 15) is 8.78 Å². The minimum absolute atomic E-state index is 0.0857. The first-order valence-electron chi connectivity index (χ1n) is 5.48. The largest absolute Gasteiger partial charge is 0.380 e. The second-order valence-electron chi connectivity index (χ2n) is 3.99. The third kappa shape index (κ3) is 4.01. The Balaban J connectivity index is 2.42. The third-order valence-electron chi connectivity index (χ3n) is 2.65. The lowest BCUT2D eigenvalue weighted by Gasteiger charge is -2.22. The van der Waals surface area contributed by atoms with Crippen LogP contribution in [0.2, 0.25) is 0 Å². The van der Waals surface area contributed by atoms with Gasteiger partial charge in [0, 0.05) is 19.1 Å². The van der Waals surface area contributed by atoms with E-state index in [4.69, 9.17) is 10.5 Å². The molecule has 0 spiro atoms. The highest BCUT2D eigenvalue weighted by atomic mass is 19.3. The van der Waals surface area contributed by atoms with Crippen molar-refractivity contribution in [2.24, 2.45) is 5.73 Å². The van der Waals surface area contributed by atoms with Gasteiger partial charge in [-0.15, -0.1) is 0 Å². The molecule has 0 unspecified atom stereocenters. The number of likely N-dealkylation sites (tertiary alicyclic amines) is 1. The van der Waals surface area contributed by atoms with Gasteiger partial charge in [-0.3, -0.25) is 4.90 Å². The topological polar surface area (TPSA) is 38.5 Å². The number of rotatable bonds is 6. The van der Waals surface area contributed by atoms with Crippen molar-refractivity contribution in [3.05, 3.63) is 0 Å². The van der Waals surface area contributed by atoms with E-state index in [0.717, 1.165) is 6.42 Å². The molecule has 1 saturated heterocycles. The molecule has 1 aliphatic rings. The molecule has 0 aliphatic carbocycles. The van der Waals surface area contributed by atoms with Crippen LogP contribution in [0.1, 0.15) is 19.8 Å². The van der Waals surface area contributed by atoms with E-state index in [1.165, 1.54) is 0 Å². The standard InChI is InChI=1S/C10H20F2N2O/c1-2-15-7-9-6-10(11,12)8-14(9)5-3-4-13/h9H,2-8,13H2,1H3/t9-/m1/s1. The SMILES string of the molecule is CCOC[C@H]1CC(F)(F)CN1CCCN. The summed E-state index contributed by atoms with van der Waals surface area (Å²) in [5.41, 5.74) is 5.37. The fourth-order valence-corrected chi connectivity index (χ4v) is 1.94. The maximum atomic E-state index is 13.2. The number of hydrogen-bond donors (Lipinski definition) is 1. The summed E-state index contributed by atoms with van der Waals surface area (Å²) in [5, 5.41) is 0. The number of hydrogen-bond acceptors (Lipinski definition) is 3. The number of nitrogens with two attached hydrogens (primary N) is 1. The molecule has 0 aromatic rings. The zero-order valence-electron chi connectivity index (χ0n) is 9.22. The van der Waals surface area contributed by atoms with Gasteiger partial charge in [-0.05, 0) is 26.4 Å². The molecule has 15 heavy (non-hydrogen) atoms. The van der Waals surface area contributed by atoms with Crippen LogP contribution >= 0.6 is 0 Å². The zero-order chi connectivity index (χ0) is 11.3. The van der Waals surface area contributed by atoms with E-state index in [1.54, 1.807) is 4.90 Å². The summed E-state index contributed by atoms with van der Waals surface area (Å²) in [5.74, 6) is -2.56. The van der Waals surface area contributed by atoms with Crippen LogP contribution in [0.3, 0.4) is 0 Å². The maximum Gasteiger partial charge on any atom is 0.262 e. The molecule has 1 aliphatic heterocycles. The Bertz CT molecular complexity index is 172. The van der Waals surface area contributed by atoms with E-state index < -0.39 is 5.92 Å². The molecule has 2 N–H and O–H groups in total. The zero-order valence-corrected chi connectivity index (χ0v) is 9.22. The van der Waals surface area contributed by atoms with Crippen LogP contribution in [-0.4, -0.2) is 49.7 Å². The minimum atomic E-state index is -2.56. The first-order chi connectivity index (χ1) is 7.09. The Kier molecular flexibility index (Phi) is 4.89. The minimum Gasteiger partial charge on any atom is -0.380 e. The quantitative estimate of drug-likeness (QED) is 0.731. The average molecular weight is 222 g/mol. The fraction of sp³-hybridized carbons (Fsp3) is 1.00. The monoisotopic (exact) mass is 222 g/mol. The predicted molar refractivity (Wildman–Crippen MR) is 55.1 cm³/mol. The van der Waals surface area contributed by atoms with E-state index in [2.05, 4.69) is 0 Å². The molecule has 5 heteroatoms. The van der Waals surface area contributed by atoms with Gasteiger partial charge >= 0.3 is 0 Å². The molecule has 1 fully saturated rings. The van der Waals surface area contributed by atoms with Crippen LogP contribution < -0.4 is 5.73 Å². The molecular formula is C10H20F2N2O. The van der Waals surface area contributed by atoms with Gasteiger partial charge in [-0.25, -0.2) is 8.78 Å². The first-order valence-corrected chi connectivity index (χ1v) is 5.48. The molecule has 0 radical (unpaired) electrons. The van der Waals surface area contributed by atoms with Crippen molar-refractivity contribution in [3.8, 4) is 0 Å². The van der Waals surface area contributed by atoms with E-state index in [-0.39, 0.29) is 19.0 Å². The predicted octanol–water partition coefficient (Wildman–Crippen LogP) is 1.08. The molecule has 90 valence electrons. The Hall–Kier alpha value is -0.260. The first kappa shape index (κ1) is 12.8. The number of halogens is 2. The molecule has 0 amide bonds. The van der Waals surface area contributed by atoms with Crippen LogP contribution in [0.5, 0.6) is 0 Å². The van der Waals surface area contributed by atoms with Gasteiger partial charge in [0.05, 0.1) is 13.2 Å². The summed E-state index contributed by atoms with van der Waals surface area (Å²) in [6.45, 7) is 3.89. The summed E-state index contributed by atoms with van der Waals surface area (Å²) in [6.07, 6.45) is 0.677. The lowest BCUT2D eigenvalue weighted by atomic mass is 10.2. The molecule has 1 heterocycles. The van der Waals surface area contributed by atoms with Gasteiger partial charge in [-0.1, -0.05) is 0 Å². The second-order valence-corrected chi connectivity index (χ2v) is 3.99. The Morgan fingerprint density at radius 2 is 2.27 bits per heavy atom. The van der Waals surface area contributed by atoms with Gasteiger partial charge in [0.1, 0.15) is 0 Å². The summed E-state index contributed by atoms with van der Waals surface area (Å²) in [4.78, 5) is 1.79. The van der Waals surface area contributed by atoms with Crippen LogP contribution in [0.25, 0.3) is 0 Å². The number of ether oxygens (including phenoxy) is 1. The molecule has 1 atom stereocenters. The van der Waals surface area contributed by atoms with Crippen molar-refractivity contribution >= 4 is 0 Å². The van der Waals surface area contributed by atoms with Gasteiger partial charge in [0.25, 0.3) is 5.92 Å². The lowest BCUT2D eigenvalue weighted by molar-refractivity contribution is 0.0114. The highest BCUT2D eigenvalue weighted by molar-refractivity contribution is 4.90. The van der Waals surface area contributed by atoms with Gasteiger partial charge in [-0.2, -0.15) is 0 Å². The second kappa shape index (κ2) is 5.72.